The summed E-state index contributed by atoms with van der Waals surface area (Å²) >= 11 is 0. The third kappa shape index (κ3) is 8.90. The highest BCUT2D eigenvalue weighted by atomic mass is 127. The van der Waals surface area contributed by atoms with Crippen molar-refractivity contribution in [3.05, 3.63) is 35.6 Å². The number of aliphatic imine (C=N–C) groups is 1. The molecule has 0 bridgehead atoms. The SMILES string of the molecule is CCNC(=NCC(C)(C)c1cccc(F)c1)NCCCC(=O)NC1CC1.I. The molecule has 1 aliphatic rings. The van der Waals surface area contributed by atoms with Gasteiger partial charge in [-0.3, -0.25) is 9.79 Å². The van der Waals surface area contributed by atoms with Crippen molar-refractivity contribution in [3.63, 3.8) is 0 Å². The van der Waals surface area contributed by atoms with Crippen LogP contribution in [0.1, 0.15) is 52.0 Å². The smallest absolute Gasteiger partial charge is 0.220 e. The van der Waals surface area contributed by atoms with Crippen LogP contribution >= 0.6 is 24.0 Å². The fourth-order valence-corrected chi connectivity index (χ4v) is 2.60. The van der Waals surface area contributed by atoms with Crippen molar-refractivity contribution < 1.29 is 9.18 Å². The van der Waals surface area contributed by atoms with E-state index in [2.05, 4.69) is 34.8 Å². The molecule has 7 heteroatoms. The molecule has 0 radical (unpaired) electrons. The van der Waals surface area contributed by atoms with Crippen LogP contribution in [0.2, 0.25) is 0 Å². The van der Waals surface area contributed by atoms with Gasteiger partial charge in [-0.2, -0.15) is 0 Å². The number of halogens is 2. The molecule has 2 rings (SSSR count). The zero-order valence-corrected chi connectivity index (χ0v) is 18.8. The van der Waals surface area contributed by atoms with Gasteiger partial charge in [-0.15, -0.1) is 24.0 Å². The van der Waals surface area contributed by atoms with Crippen LogP contribution < -0.4 is 16.0 Å². The Hall–Kier alpha value is -1.38. The van der Waals surface area contributed by atoms with Crippen molar-refractivity contribution in [1.82, 2.24) is 16.0 Å². The second kappa shape index (κ2) is 11.5. The summed E-state index contributed by atoms with van der Waals surface area (Å²) in [7, 11) is 0. The lowest BCUT2D eigenvalue weighted by atomic mass is 9.85. The van der Waals surface area contributed by atoms with E-state index in [-0.39, 0.29) is 41.1 Å². The number of nitrogens with one attached hydrogen (secondary N) is 3. The highest BCUT2D eigenvalue weighted by Gasteiger charge is 2.23. The quantitative estimate of drug-likeness (QED) is 0.215. The molecule has 1 aromatic carbocycles. The summed E-state index contributed by atoms with van der Waals surface area (Å²) in [5.74, 6) is 0.622. The molecule has 0 atom stereocenters. The van der Waals surface area contributed by atoms with Crippen molar-refractivity contribution >= 4 is 35.8 Å². The molecule has 0 unspecified atom stereocenters. The van der Waals surface area contributed by atoms with Crippen molar-refractivity contribution in [2.24, 2.45) is 4.99 Å². The zero-order chi connectivity index (χ0) is 19.0. The van der Waals surface area contributed by atoms with Crippen LogP contribution in [0.5, 0.6) is 0 Å². The summed E-state index contributed by atoms with van der Waals surface area (Å²) in [6, 6.07) is 7.09. The van der Waals surface area contributed by atoms with Crippen LogP contribution in [0.3, 0.4) is 0 Å². The summed E-state index contributed by atoms with van der Waals surface area (Å²) in [6.45, 7) is 8.10. The summed E-state index contributed by atoms with van der Waals surface area (Å²) in [5, 5.41) is 9.47. The highest BCUT2D eigenvalue weighted by molar-refractivity contribution is 14.0. The molecule has 0 saturated heterocycles. The fourth-order valence-electron chi connectivity index (χ4n) is 2.60. The molecule has 152 valence electrons. The van der Waals surface area contributed by atoms with E-state index >= 15 is 0 Å². The lowest BCUT2D eigenvalue weighted by Crippen LogP contribution is -2.39. The van der Waals surface area contributed by atoms with E-state index in [4.69, 9.17) is 0 Å². The van der Waals surface area contributed by atoms with Crippen LogP contribution in [-0.2, 0) is 10.2 Å². The molecule has 1 fully saturated rings. The number of hydrogen-bond acceptors (Lipinski definition) is 2. The average Bonchev–Trinajstić information content (AvgIpc) is 3.40. The summed E-state index contributed by atoms with van der Waals surface area (Å²) in [6.07, 6.45) is 3.51. The second-order valence-electron chi connectivity index (χ2n) is 7.46. The number of rotatable bonds is 9. The Kier molecular flexibility index (Phi) is 10.0. The van der Waals surface area contributed by atoms with E-state index in [0.29, 0.717) is 25.6 Å². The van der Waals surface area contributed by atoms with E-state index < -0.39 is 0 Å². The third-order valence-electron chi connectivity index (χ3n) is 4.40. The lowest BCUT2D eigenvalue weighted by molar-refractivity contribution is -0.121. The Morgan fingerprint density at radius 3 is 2.67 bits per heavy atom. The number of amides is 1. The van der Waals surface area contributed by atoms with Crippen molar-refractivity contribution in [2.75, 3.05) is 19.6 Å². The van der Waals surface area contributed by atoms with Crippen LogP contribution in [0, 0.1) is 5.82 Å². The van der Waals surface area contributed by atoms with E-state index in [1.54, 1.807) is 12.1 Å². The molecule has 1 aliphatic carbocycles. The fraction of sp³-hybridized carbons (Fsp3) is 0.600. The van der Waals surface area contributed by atoms with Gasteiger partial charge in [0.2, 0.25) is 5.91 Å². The average molecular weight is 490 g/mol. The summed E-state index contributed by atoms with van der Waals surface area (Å²) < 4.78 is 13.5. The summed E-state index contributed by atoms with van der Waals surface area (Å²) in [4.78, 5) is 16.3. The number of guanidine groups is 1. The van der Waals surface area contributed by atoms with E-state index in [9.17, 15) is 9.18 Å². The standard InChI is InChI=1S/C20H31FN4O.HI/c1-4-22-19(23-12-6-9-18(26)25-17-10-11-17)24-14-20(2,3)15-7-5-8-16(21)13-15;/h5,7-8,13,17H,4,6,9-12,14H2,1-3H3,(H,25,26)(H2,22,23,24);1H. The lowest BCUT2D eigenvalue weighted by Gasteiger charge is -2.24. The Balaban J connectivity index is 0.00000364. The first-order valence-corrected chi connectivity index (χ1v) is 9.48. The number of carbonyl (C=O) groups is 1. The number of benzene rings is 1. The summed E-state index contributed by atoms with van der Waals surface area (Å²) in [5.41, 5.74) is 0.656. The Bertz CT molecular complexity index is 632. The second-order valence-corrected chi connectivity index (χ2v) is 7.46. The molecule has 0 heterocycles. The highest BCUT2D eigenvalue weighted by Crippen LogP contribution is 2.24. The van der Waals surface area contributed by atoms with E-state index in [1.165, 1.54) is 6.07 Å². The Morgan fingerprint density at radius 2 is 2.04 bits per heavy atom. The third-order valence-corrected chi connectivity index (χ3v) is 4.40. The topological polar surface area (TPSA) is 65.5 Å². The van der Waals surface area contributed by atoms with Gasteiger partial charge < -0.3 is 16.0 Å². The van der Waals surface area contributed by atoms with E-state index in [0.717, 1.165) is 37.3 Å². The van der Waals surface area contributed by atoms with Gasteiger partial charge in [0.15, 0.2) is 5.96 Å². The molecule has 27 heavy (non-hydrogen) atoms. The Labute approximate surface area is 179 Å². The zero-order valence-electron chi connectivity index (χ0n) is 16.5. The Morgan fingerprint density at radius 1 is 1.30 bits per heavy atom. The van der Waals surface area contributed by atoms with Gasteiger partial charge in [-0.25, -0.2) is 4.39 Å². The van der Waals surface area contributed by atoms with Crippen molar-refractivity contribution in [3.8, 4) is 0 Å². The normalized spacial score (nSPS) is 14.3. The first-order valence-electron chi connectivity index (χ1n) is 9.48. The van der Waals surface area contributed by atoms with Crippen molar-refractivity contribution in [1.29, 1.82) is 0 Å². The maximum atomic E-state index is 13.5. The van der Waals surface area contributed by atoms with Gasteiger partial charge in [0.1, 0.15) is 5.82 Å². The molecule has 0 aromatic heterocycles. The molecule has 5 nitrogen and oxygen atoms in total. The maximum absolute atomic E-state index is 13.5. The minimum Gasteiger partial charge on any atom is -0.357 e. The minimum absolute atomic E-state index is 0. The van der Waals surface area contributed by atoms with Gasteiger partial charge in [-0.05, 0) is 43.9 Å². The molecule has 1 aromatic rings. The minimum atomic E-state index is -0.269. The molecule has 3 N–H and O–H groups in total. The number of carbonyl (C=O) groups excluding carboxylic acids is 1. The van der Waals surface area contributed by atoms with Gasteiger partial charge in [0.05, 0.1) is 6.54 Å². The van der Waals surface area contributed by atoms with Crippen LogP contribution in [0.25, 0.3) is 0 Å². The van der Waals surface area contributed by atoms with Crippen molar-refractivity contribution in [2.45, 2.75) is 57.9 Å². The monoisotopic (exact) mass is 490 g/mol. The molecule has 1 amide bonds. The molecular weight excluding hydrogens is 458 g/mol. The van der Waals surface area contributed by atoms with Crippen LogP contribution in [-0.4, -0.2) is 37.5 Å². The first-order chi connectivity index (χ1) is 12.4. The molecular formula is C20H32FIN4O. The largest absolute Gasteiger partial charge is 0.357 e. The predicted octanol–water partition coefficient (Wildman–Crippen LogP) is 3.34. The number of hydrogen-bond donors (Lipinski definition) is 3. The van der Waals surface area contributed by atoms with Gasteiger partial charge in [0.25, 0.3) is 0 Å². The molecule has 0 spiro atoms. The van der Waals surface area contributed by atoms with E-state index in [1.807, 2.05) is 13.0 Å². The first kappa shape index (κ1) is 23.7. The predicted molar refractivity (Wildman–Crippen MR) is 119 cm³/mol. The van der Waals surface area contributed by atoms with Gasteiger partial charge in [0, 0.05) is 31.0 Å². The van der Waals surface area contributed by atoms with Crippen LogP contribution in [0.15, 0.2) is 29.3 Å². The molecule has 1 saturated carbocycles. The number of nitrogens with zero attached hydrogens (tertiary/aromatic N) is 1. The molecule has 0 aliphatic heterocycles. The maximum Gasteiger partial charge on any atom is 0.220 e. The van der Waals surface area contributed by atoms with Gasteiger partial charge >= 0.3 is 0 Å². The van der Waals surface area contributed by atoms with Gasteiger partial charge in [-0.1, -0.05) is 26.0 Å². The van der Waals surface area contributed by atoms with Crippen LogP contribution in [0.4, 0.5) is 4.39 Å².